The highest BCUT2D eigenvalue weighted by Crippen LogP contribution is 2.30. The van der Waals surface area contributed by atoms with E-state index in [1.54, 1.807) is 49.6 Å². The Morgan fingerprint density at radius 2 is 1.69 bits per heavy atom. The number of hydroxylamine groups is 1. The van der Waals surface area contributed by atoms with Crippen LogP contribution < -0.4 is 25.6 Å². The maximum absolute atomic E-state index is 14.2. The van der Waals surface area contributed by atoms with Crippen molar-refractivity contribution in [1.29, 1.82) is 0 Å². The fourth-order valence-electron chi connectivity index (χ4n) is 4.77. The van der Waals surface area contributed by atoms with Gasteiger partial charge in [-0.15, -0.1) is 0 Å². The molecule has 3 rings (SSSR count). The molecule has 228 valence electrons. The summed E-state index contributed by atoms with van der Waals surface area (Å²) in [6.07, 6.45) is 1.13. The van der Waals surface area contributed by atoms with Crippen LogP contribution in [-0.4, -0.2) is 59.5 Å². The number of hydrogen-bond donors (Lipinski definition) is 4. The number of amides is 4. The fraction of sp³-hybridized carbons (Fsp3) is 0.484. The van der Waals surface area contributed by atoms with Crippen LogP contribution in [-0.2, 0) is 32.1 Å². The number of hydrogen-bond acceptors (Lipinski definition) is 7. The van der Waals surface area contributed by atoms with Crippen molar-refractivity contribution < 1.29 is 33.9 Å². The van der Waals surface area contributed by atoms with E-state index in [-0.39, 0.29) is 55.0 Å². The van der Waals surface area contributed by atoms with Crippen LogP contribution in [0.1, 0.15) is 58.6 Å². The van der Waals surface area contributed by atoms with Gasteiger partial charge < -0.3 is 25.0 Å². The molecule has 1 aliphatic heterocycles. The summed E-state index contributed by atoms with van der Waals surface area (Å²) in [6, 6.07) is 10.4. The van der Waals surface area contributed by atoms with Crippen LogP contribution in [0.2, 0.25) is 0 Å². The van der Waals surface area contributed by atoms with Gasteiger partial charge in [-0.25, -0.2) is 5.48 Å². The SMILES string of the molecule is CC[C@H](C)[C@@H](NC(=O)CC(C)(C)C)C(=O)N1Cc2cc(OCC(=O)NO)ccc2C[C@H]1C(=O)Nc1ccc(OC)cc1. The van der Waals surface area contributed by atoms with E-state index in [1.807, 2.05) is 34.6 Å². The molecule has 1 heterocycles. The third-order valence-corrected chi connectivity index (χ3v) is 7.23. The standard InChI is InChI=1S/C31H42N4O7/c1-7-19(2)28(33-26(36)16-31(3,4)5)30(39)35-17-21-14-24(42-18-27(37)34-40)11-8-20(21)15-25(35)29(38)32-22-9-12-23(41-6)13-10-22/h8-14,19,25,28,40H,7,15-18H2,1-6H3,(H,32,38)(H,33,36)(H,34,37)/t19-,25-,28+/m0/s1. The van der Waals surface area contributed by atoms with E-state index >= 15 is 0 Å². The highest BCUT2D eigenvalue weighted by molar-refractivity contribution is 5.99. The second-order valence-corrected chi connectivity index (χ2v) is 11.8. The lowest BCUT2D eigenvalue weighted by Gasteiger charge is -2.39. The number of carbonyl (C=O) groups is 4. The fourth-order valence-corrected chi connectivity index (χ4v) is 4.77. The predicted molar refractivity (Wildman–Crippen MR) is 157 cm³/mol. The first-order valence-corrected chi connectivity index (χ1v) is 14.1. The van der Waals surface area contributed by atoms with Crippen molar-refractivity contribution in [3.63, 3.8) is 0 Å². The quantitative estimate of drug-likeness (QED) is 0.235. The van der Waals surface area contributed by atoms with Crippen molar-refractivity contribution >= 4 is 29.3 Å². The summed E-state index contributed by atoms with van der Waals surface area (Å²) in [5.41, 5.74) is 3.42. The number of methoxy groups -OCH3 is 1. The zero-order valence-corrected chi connectivity index (χ0v) is 25.2. The van der Waals surface area contributed by atoms with Crippen molar-refractivity contribution in [2.45, 2.75) is 72.5 Å². The molecule has 0 saturated carbocycles. The molecule has 0 unspecified atom stereocenters. The summed E-state index contributed by atoms with van der Waals surface area (Å²) in [4.78, 5) is 53.8. The van der Waals surface area contributed by atoms with Gasteiger partial charge in [0, 0.05) is 25.1 Å². The Morgan fingerprint density at radius 1 is 1.02 bits per heavy atom. The molecule has 0 spiro atoms. The highest BCUT2D eigenvalue weighted by Gasteiger charge is 2.40. The normalized spacial score (nSPS) is 16.0. The van der Waals surface area contributed by atoms with Crippen LogP contribution in [0.5, 0.6) is 11.5 Å². The number of nitrogens with one attached hydrogen (secondary N) is 3. The molecule has 0 aromatic heterocycles. The van der Waals surface area contributed by atoms with Crippen molar-refractivity contribution in [2.24, 2.45) is 11.3 Å². The van der Waals surface area contributed by atoms with Crippen molar-refractivity contribution in [3.8, 4) is 11.5 Å². The predicted octanol–water partition coefficient (Wildman–Crippen LogP) is 3.44. The number of benzene rings is 2. The second kappa shape index (κ2) is 14.2. The molecule has 1 aliphatic rings. The monoisotopic (exact) mass is 582 g/mol. The zero-order valence-electron chi connectivity index (χ0n) is 25.2. The molecular formula is C31H42N4O7. The summed E-state index contributed by atoms with van der Waals surface area (Å²) in [5.74, 6) is -0.796. The summed E-state index contributed by atoms with van der Waals surface area (Å²) in [7, 11) is 1.56. The number of anilines is 1. The van der Waals surface area contributed by atoms with E-state index in [9.17, 15) is 19.2 Å². The summed E-state index contributed by atoms with van der Waals surface area (Å²) >= 11 is 0. The first-order valence-electron chi connectivity index (χ1n) is 14.1. The Bertz CT molecular complexity index is 1270. The molecular weight excluding hydrogens is 540 g/mol. The summed E-state index contributed by atoms with van der Waals surface area (Å²) in [6.45, 7) is 9.43. The molecule has 42 heavy (non-hydrogen) atoms. The minimum absolute atomic E-state index is 0.0976. The molecule has 11 heteroatoms. The molecule has 0 fully saturated rings. The third kappa shape index (κ3) is 8.69. The first kappa shape index (κ1) is 32.4. The number of rotatable bonds is 11. The summed E-state index contributed by atoms with van der Waals surface area (Å²) < 4.78 is 10.7. The lowest BCUT2D eigenvalue weighted by Crippen LogP contribution is -2.58. The molecule has 0 aliphatic carbocycles. The Kier molecular flexibility index (Phi) is 10.9. The van der Waals surface area contributed by atoms with Gasteiger partial charge in [0.1, 0.15) is 23.6 Å². The van der Waals surface area contributed by atoms with Crippen LogP contribution >= 0.6 is 0 Å². The molecule has 11 nitrogen and oxygen atoms in total. The van der Waals surface area contributed by atoms with Gasteiger partial charge in [0.05, 0.1) is 7.11 Å². The smallest absolute Gasteiger partial charge is 0.281 e. The Labute approximate surface area is 246 Å². The van der Waals surface area contributed by atoms with Crippen LogP contribution in [0.3, 0.4) is 0 Å². The zero-order chi connectivity index (χ0) is 31.0. The van der Waals surface area contributed by atoms with Crippen LogP contribution in [0, 0.1) is 11.3 Å². The highest BCUT2D eigenvalue weighted by atomic mass is 16.5. The van der Waals surface area contributed by atoms with Gasteiger partial charge in [0.25, 0.3) is 5.91 Å². The van der Waals surface area contributed by atoms with Crippen LogP contribution in [0.4, 0.5) is 5.69 Å². The van der Waals surface area contributed by atoms with Gasteiger partial charge in [-0.2, -0.15) is 0 Å². The molecule has 0 bridgehead atoms. The van der Waals surface area contributed by atoms with Crippen LogP contribution in [0.15, 0.2) is 42.5 Å². The minimum Gasteiger partial charge on any atom is -0.497 e. The molecule has 2 aromatic carbocycles. The average Bonchev–Trinajstić information content (AvgIpc) is 2.96. The maximum Gasteiger partial charge on any atom is 0.281 e. The number of fused-ring (bicyclic) bond motifs is 1. The Hall–Kier alpha value is -4.12. The number of nitrogens with zero attached hydrogens (tertiary/aromatic N) is 1. The van der Waals surface area contributed by atoms with E-state index in [4.69, 9.17) is 14.7 Å². The van der Waals surface area contributed by atoms with E-state index < -0.39 is 18.0 Å². The Morgan fingerprint density at radius 3 is 2.29 bits per heavy atom. The van der Waals surface area contributed by atoms with E-state index in [1.165, 1.54) is 10.4 Å². The van der Waals surface area contributed by atoms with Gasteiger partial charge in [0.2, 0.25) is 17.7 Å². The van der Waals surface area contributed by atoms with Gasteiger partial charge in [0.15, 0.2) is 6.61 Å². The topological polar surface area (TPSA) is 146 Å². The van der Waals surface area contributed by atoms with Crippen molar-refractivity contribution in [1.82, 2.24) is 15.7 Å². The Balaban J connectivity index is 1.94. The van der Waals surface area contributed by atoms with Crippen molar-refractivity contribution in [2.75, 3.05) is 19.0 Å². The van der Waals surface area contributed by atoms with Gasteiger partial charge >= 0.3 is 0 Å². The van der Waals surface area contributed by atoms with Crippen LogP contribution in [0.25, 0.3) is 0 Å². The molecule has 0 saturated heterocycles. The van der Waals surface area contributed by atoms with Gasteiger partial charge in [-0.05, 0) is 58.9 Å². The maximum atomic E-state index is 14.2. The van der Waals surface area contributed by atoms with E-state index in [0.717, 1.165) is 11.1 Å². The minimum atomic E-state index is -0.842. The largest absolute Gasteiger partial charge is 0.497 e. The van der Waals surface area contributed by atoms with E-state index in [0.29, 0.717) is 23.6 Å². The first-order chi connectivity index (χ1) is 19.8. The number of ether oxygens (including phenoxy) is 2. The lowest BCUT2D eigenvalue weighted by atomic mass is 9.89. The molecule has 2 aromatic rings. The van der Waals surface area contributed by atoms with Gasteiger partial charge in [-0.1, -0.05) is 47.1 Å². The van der Waals surface area contributed by atoms with E-state index in [2.05, 4.69) is 10.6 Å². The molecule has 0 radical (unpaired) electrons. The average molecular weight is 583 g/mol. The van der Waals surface area contributed by atoms with Gasteiger partial charge in [-0.3, -0.25) is 24.4 Å². The lowest BCUT2D eigenvalue weighted by molar-refractivity contribution is -0.144. The third-order valence-electron chi connectivity index (χ3n) is 7.23. The molecule has 3 atom stereocenters. The number of carbonyl (C=O) groups excluding carboxylic acids is 4. The second-order valence-electron chi connectivity index (χ2n) is 11.8. The summed E-state index contributed by atoms with van der Waals surface area (Å²) in [5, 5.41) is 14.6. The molecule has 4 amide bonds. The molecule has 4 N–H and O–H groups in total. The van der Waals surface area contributed by atoms with Crippen molar-refractivity contribution in [3.05, 3.63) is 53.6 Å².